The number of nitriles is 1. The van der Waals surface area contributed by atoms with Gasteiger partial charge in [-0.15, -0.1) is 11.8 Å². The lowest BCUT2D eigenvalue weighted by Gasteiger charge is -2.18. The summed E-state index contributed by atoms with van der Waals surface area (Å²) in [6, 6.07) is 8.88. The van der Waals surface area contributed by atoms with E-state index < -0.39 is 4.92 Å². The standard InChI is InChI=1S/C12H12N2O2S/c13-9-12(6-1-7-17-12)8-10-2-4-11(5-3-10)14(15)16/h2-5H,1,6-8H2. The minimum Gasteiger partial charge on any atom is -0.258 e. The smallest absolute Gasteiger partial charge is 0.258 e. The van der Waals surface area contributed by atoms with Crippen LogP contribution in [-0.2, 0) is 6.42 Å². The minimum absolute atomic E-state index is 0.0961. The van der Waals surface area contributed by atoms with Gasteiger partial charge < -0.3 is 0 Å². The van der Waals surface area contributed by atoms with Crippen LogP contribution >= 0.6 is 11.8 Å². The summed E-state index contributed by atoms with van der Waals surface area (Å²) in [5.74, 6) is 1.03. The highest BCUT2D eigenvalue weighted by molar-refractivity contribution is 8.01. The molecule has 0 aromatic heterocycles. The molecule has 4 nitrogen and oxygen atoms in total. The summed E-state index contributed by atoms with van der Waals surface area (Å²) >= 11 is 1.70. The topological polar surface area (TPSA) is 66.9 Å². The summed E-state index contributed by atoms with van der Waals surface area (Å²) in [6.45, 7) is 0. The van der Waals surface area contributed by atoms with E-state index in [1.54, 1.807) is 23.9 Å². The summed E-state index contributed by atoms with van der Waals surface area (Å²) in [6.07, 6.45) is 2.66. The van der Waals surface area contributed by atoms with Gasteiger partial charge >= 0.3 is 0 Å². The summed E-state index contributed by atoms with van der Waals surface area (Å²) in [5, 5.41) is 19.8. The number of hydrogen-bond acceptors (Lipinski definition) is 4. The molecule has 0 amide bonds. The highest BCUT2D eigenvalue weighted by Gasteiger charge is 2.34. The van der Waals surface area contributed by atoms with Gasteiger partial charge in [0.2, 0.25) is 0 Å². The zero-order valence-corrected chi connectivity index (χ0v) is 10.1. The number of nitro groups is 1. The van der Waals surface area contributed by atoms with Gasteiger partial charge in [-0.05, 0) is 24.2 Å². The van der Waals surface area contributed by atoms with E-state index in [1.807, 2.05) is 0 Å². The molecule has 0 aliphatic carbocycles. The summed E-state index contributed by atoms with van der Waals surface area (Å²) in [4.78, 5) is 10.1. The molecule has 1 aliphatic heterocycles. The molecule has 0 N–H and O–H groups in total. The van der Waals surface area contributed by atoms with Crippen LogP contribution in [0.1, 0.15) is 18.4 Å². The molecule has 0 spiro atoms. The molecule has 1 aromatic rings. The maximum Gasteiger partial charge on any atom is 0.269 e. The number of benzene rings is 1. The van der Waals surface area contributed by atoms with Crippen molar-refractivity contribution in [3.05, 3.63) is 39.9 Å². The van der Waals surface area contributed by atoms with Crippen LogP contribution in [0.25, 0.3) is 0 Å². The van der Waals surface area contributed by atoms with Crippen LogP contribution in [0.15, 0.2) is 24.3 Å². The van der Waals surface area contributed by atoms with Crippen LogP contribution in [0.5, 0.6) is 0 Å². The van der Waals surface area contributed by atoms with Crippen LogP contribution in [0, 0.1) is 21.4 Å². The van der Waals surface area contributed by atoms with Gasteiger partial charge in [-0.2, -0.15) is 5.26 Å². The molecule has 1 atom stereocenters. The highest BCUT2D eigenvalue weighted by atomic mass is 32.2. The van der Waals surface area contributed by atoms with E-state index in [9.17, 15) is 15.4 Å². The SMILES string of the molecule is N#CC1(Cc2ccc([N+](=O)[O-])cc2)CCCS1. The van der Waals surface area contributed by atoms with Crippen molar-refractivity contribution in [1.82, 2.24) is 0 Å². The molecule has 17 heavy (non-hydrogen) atoms. The maximum absolute atomic E-state index is 10.5. The molecule has 0 radical (unpaired) electrons. The van der Waals surface area contributed by atoms with Gasteiger partial charge in [0.15, 0.2) is 0 Å². The van der Waals surface area contributed by atoms with E-state index in [-0.39, 0.29) is 10.4 Å². The molecule has 5 heteroatoms. The van der Waals surface area contributed by atoms with E-state index in [0.29, 0.717) is 6.42 Å². The van der Waals surface area contributed by atoms with Crippen molar-refractivity contribution in [1.29, 1.82) is 5.26 Å². The molecule has 2 rings (SSSR count). The molecule has 88 valence electrons. The Hall–Kier alpha value is -1.54. The van der Waals surface area contributed by atoms with Gasteiger partial charge in [-0.25, -0.2) is 0 Å². The van der Waals surface area contributed by atoms with Crippen LogP contribution < -0.4 is 0 Å². The Morgan fingerprint density at radius 3 is 2.65 bits per heavy atom. The third-order valence-corrected chi connectivity index (χ3v) is 4.43. The number of non-ortho nitro benzene ring substituents is 1. The zero-order valence-electron chi connectivity index (χ0n) is 9.26. The first-order valence-corrected chi connectivity index (χ1v) is 6.42. The predicted molar refractivity (Wildman–Crippen MR) is 66.8 cm³/mol. The largest absolute Gasteiger partial charge is 0.269 e. The lowest BCUT2D eigenvalue weighted by atomic mass is 9.95. The molecular weight excluding hydrogens is 236 g/mol. The fourth-order valence-corrected chi connectivity index (χ4v) is 3.33. The first-order valence-electron chi connectivity index (χ1n) is 5.44. The van der Waals surface area contributed by atoms with Crippen molar-refractivity contribution in [2.24, 2.45) is 0 Å². The van der Waals surface area contributed by atoms with Gasteiger partial charge in [0.05, 0.1) is 11.0 Å². The van der Waals surface area contributed by atoms with Gasteiger partial charge in [0.25, 0.3) is 5.69 Å². The van der Waals surface area contributed by atoms with Crippen molar-refractivity contribution in [2.45, 2.75) is 24.0 Å². The second-order valence-corrected chi connectivity index (χ2v) is 5.64. The molecule has 1 aromatic carbocycles. The van der Waals surface area contributed by atoms with E-state index in [0.717, 1.165) is 24.2 Å². The van der Waals surface area contributed by atoms with E-state index in [4.69, 9.17) is 0 Å². The monoisotopic (exact) mass is 248 g/mol. The Morgan fingerprint density at radius 1 is 1.47 bits per heavy atom. The van der Waals surface area contributed by atoms with Crippen LogP contribution in [0.2, 0.25) is 0 Å². The van der Waals surface area contributed by atoms with E-state index >= 15 is 0 Å². The number of rotatable bonds is 3. The van der Waals surface area contributed by atoms with Crippen molar-refractivity contribution in [3.8, 4) is 6.07 Å². The normalized spacial score (nSPS) is 23.2. The quantitative estimate of drug-likeness (QED) is 0.609. The average molecular weight is 248 g/mol. The zero-order chi connectivity index (χ0) is 12.3. The van der Waals surface area contributed by atoms with Crippen molar-refractivity contribution >= 4 is 17.4 Å². The van der Waals surface area contributed by atoms with Crippen molar-refractivity contribution in [2.75, 3.05) is 5.75 Å². The van der Waals surface area contributed by atoms with Crippen molar-refractivity contribution < 1.29 is 4.92 Å². The second-order valence-electron chi connectivity index (χ2n) is 4.16. The minimum atomic E-state index is -0.409. The molecule has 1 unspecified atom stereocenters. The predicted octanol–water partition coefficient (Wildman–Crippen LogP) is 2.93. The number of hydrogen-bond donors (Lipinski definition) is 0. The third kappa shape index (κ3) is 2.59. The first-order chi connectivity index (χ1) is 8.15. The van der Waals surface area contributed by atoms with E-state index in [2.05, 4.69) is 6.07 Å². The van der Waals surface area contributed by atoms with Gasteiger partial charge in [-0.1, -0.05) is 12.1 Å². The summed E-state index contributed by atoms with van der Waals surface area (Å²) in [5.41, 5.74) is 1.09. The number of nitrogens with zero attached hydrogens (tertiary/aromatic N) is 2. The Bertz CT molecular complexity index is 458. The third-order valence-electron chi connectivity index (χ3n) is 2.94. The Labute approximate surface area is 104 Å². The highest BCUT2D eigenvalue weighted by Crippen LogP contribution is 2.40. The van der Waals surface area contributed by atoms with Crippen LogP contribution in [0.3, 0.4) is 0 Å². The molecule has 1 saturated heterocycles. The Morgan fingerprint density at radius 2 is 2.18 bits per heavy atom. The number of thioether (sulfide) groups is 1. The van der Waals surface area contributed by atoms with Crippen molar-refractivity contribution in [3.63, 3.8) is 0 Å². The van der Waals surface area contributed by atoms with Crippen LogP contribution in [-0.4, -0.2) is 15.4 Å². The Kier molecular flexibility index (Phi) is 3.34. The van der Waals surface area contributed by atoms with Gasteiger partial charge in [0.1, 0.15) is 4.75 Å². The molecule has 1 aliphatic rings. The fraction of sp³-hybridized carbons (Fsp3) is 0.417. The molecule has 0 bridgehead atoms. The molecule has 1 heterocycles. The molecule has 0 saturated carbocycles. The fourth-order valence-electron chi connectivity index (χ4n) is 2.03. The number of nitro benzene ring substituents is 1. The second kappa shape index (κ2) is 4.76. The summed E-state index contributed by atoms with van der Waals surface area (Å²) in [7, 11) is 0. The Balaban J connectivity index is 2.13. The van der Waals surface area contributed by atoms with Gasteiger partial charge in [-0.3, -0.25) is 10.1 Å². The van der Waals surface area contributed by atoms with Gasteiger partial charge in [0, 0.05) is 18.6 Å². The molecular formula is C12H12N2O2S. The summed E-state index contributed by atoms with van der Waals surface area (Å²) < 4.78 is -0.323. The lowest BCUT2D eigenvalue weighted by Crippen LogP contribution is -2.21. The lowest BCUT2D eigenvalue weighted by molar-refractivity contribution is -0.384. The average Bonchev–Trinajstić information content (AvgIpc) is 2.79. The maximum atomic E-state index is 10.5. The van der Waals surface area contributed by atoms with Crippen LogP contribution in [0.4, 0.5) is 5.69 Å². The molecule has 1 fully saturated rings. The van der Waals surface area contributed by atoms with E-state index in [1.165, 1.54) is 12.1 Å². The first kappa shape index (κ1) is 11.9.